The van der Waals surface area contributed by atoms with Gasteiger partial charge in [0, 0.05) is 29.7 Å². The second kappa shape index (κ2) is 8.30. The molecule has 1 heterocycles. The van der Waals surface area contributed by atoms with Gasteiger partial charge in [0.15, 0.2) is 0 Å². The van der Waals surface area contributed by atoms with Crippen molar-refractivity contribution < 1.29 is 29.3 Å². The smallest absolute Gasteiger partial charge is 0.336 e. The molecule has 8 heteroatoms. The van der Waals surface area contributed by atoms with Gasteiger partial charge < -0.3 is 24.8 Å². The van der Waals surface area contributed by atoms with Crippen LogP contribution >= 0.6 is 0 Å². The van der Waals surface area contributed by atoms with E-state index in [4.69, 9.17) is 14.9 Å². The van der Waals surface area contributed by atoms with E-state index in [1.54, 1.807) is 12.1 Å². The molecule has 3 N–H and O–H groups in total. The van der Waals surface area contributed by atoms with E-state index in [0.29, 0.717) is 11.8 Å². The molecule has 26 heavy (non-hydrogen) atoms. The van der Waals surface area contributed by atoms with Crippen molar-refractivity contribution in [3.05, 3.63) is 41.6 Å². The van der Waals surface area contributed by atoms with Crippen molar-refractivity contribution in [1.82, 2.24) is 9.88 Å². The number of carboxylic acids is 2. The van der Waals surface area contributed by atoms with Gasteiger partial charge >= 0.3 is 17.9 Å². The molecule has 0 amide bonds. The topological polar surface area (TPSA) is 120 Å². The third kappa shape index (κ3) is 4.93. The number of benzene rings is 1. The Hall–Kier alpha value is -3.13. The Labute approximate surface area is 149 Å². The minimum atomic E-state index is -1.48. The molecule has 138 valence electrons. The molecule has 2 rings (SSSR count). The number of aromatic amines is 1. The minimum Gasteiger partial charge on any atom is -0.481 e. The number of nitrogens with zero attached hydrogens (tertiary/aromatic N) is 1. The first-order chi connectivity index (χ1) is 12.3. The van der Waals surface area contributed by atoms with Crippen LogP contribution in [0.1, 0.15) is 12.0 Å². The molecular weight excluding hydrogens is 340 g/mol. The van der Waals surface area contributed by atoms with Gasteiger partial charge in [0.1, 0.15) is 5.75 Å². The number of ether oxygens (including phenoxy) is 1. The van der Waals surface area contributed by atoms with Crippen LogP contribution in [0.2, 0.25) is 0 Å². The maximum absolute atomic E-state index is 12.1. The van der Waals surface area contributed by atoms with Crippen LogP contribution < -0.4 is 4.74 Å². The van der Waals surface area contributed by atoms with Gasteiger partial charge in [0.2, 0.25) is 0 Å². The molecule has 0 atom stereocenters. The van der Waals surface area contributed by atoms with E-state index in [-0.39, 0.29) is 0 Å². The summed E-state index contributed by atoms with van der Waals surface area (Å²) in [6.07, 6.45) is 2.50. The third-order valence-corrected chi connectivity index (χ3v) is 3.70. The largest absolute Gasteiger partial charge is 0.481 e. The van der Waals surface area contributed by atoms with Gasteiger partial charge in [-0.3, -0.25) is 4.79 Å². The number of fused-ring (bicyclic) bond motifs is 1. The number of hydrogen-bond donors (Lipinski definition) is 3. The summed E-state index contributed by atoms with van der Waals surface area (Å²) in [7, 11) is 3.91. The number of carbonyl (C=O) groups is 3. The molecule has 8 nitrogen and oxygen atoms in total. The minimum absolute atomic E-state index is 0.291. The fourth-order valence-electron chi connectivity index (χ4n) is 2.48. The number of aliphatic carboxylic acids is 2. The summed E-state index contributed by atoms with van der Waals surface area (Å²) in [5, 5.41) is 18.5. The summed E-state index contributed by atoms with van der Waals surface area (Å²) in [6.45, 7) is 0.802. The third-order valence-electron chi connectivity index (χ3n) is 3.70. The standard InChI is InChI=1S/C18H20N2O6/c1-20(2)7-6-11-10-19-13-4-3-5-14(17(11)13)26-16(23)9-12(18(24)25)8-15(21)22/h3-5,9-10,19H,6-8H2,1-2H3,(H,21,22)(H,24,25)/b12-9-. The number of H-pyrrole nitrogens is 1. The quantitative estimate of drug-likeness (QED) is 0.372. The van der Waals surface area contributed by atoms with Crippen LogP contribution in [0.15, 0.2) is 36.0 Å². The lowest BCUT2D eigenvalue weighted by molar-refractivity contribution is -0.139. The van der Waals surface area contributed by atoms with Gasteiger partial charge in [-0.05, 0) is 38.2 Å². The number of likely N-dealkylation sites (N-methyl/N-ethyl adjacent to an activating group) is 1. The van der Waals surface area contributed by atoms with Crippen LogP contribution in [0.3, 0.4) is 0 Å². The molecule has 0 saturated carbocycles. The lowest BCUT2D eigenvalue weighted by Crippen LogP contribution is -2.15. The number of esters is 1. The number of hydrogen-bond acceptors (Lipinski definition) is 5. The molecule has 0 aliphatic carbocycles. The first-order valence-corrected chi connectivity index (χ1v) is 7.89. The highest BCUT2D eigenvalue weighted by Gasteiger charge is 2.17. The molecule has 0 spiro atoms. The lowest BCUT2D eigenvalue weighted by Gasteiger charge is -2.10. The molecule has 2 aromatic rings. The summed E-state index contributed by atoms with van der Waals surface area (Å²) in [4.78, 5) is 39.0. The summed E-state index contributed by atoms with van der Waals surface area (Å²) < 4.78 is 5.29. The first kappa shape index (κ1) is 19.2. The van der Waals surface area contributed by atoms with E-state index >= 15 is 0 Å². The Kier molecular flexibility index (Phi) is 6.13. The van der Waals surface area contributed by atoms with Gasteiger partial charge in [-0.15, -0.1) is 0 Å². The van der Waals surface area contributed by atoms with Gasteiger partial charge in [-0.2, -0.15) is 0 Å². The van der Waals surface area contributed by atoms with Crippen molar-refractivity contribution in [3.63, 3.8) is 0 Å². The van der Waals surface area contributed by atoms with Crippen LogP contribution in [0.4, 0.5) is 0 Å². The van der Waals surface area contributed by atoms with Gasteiger partial charge in [-0.25, -0.2) is 9.59 Å². The number of carbonyl (C=O) groups excluding carboxylic acids is 1. The maximum atomic E-state index is 12.1. The highest BCUT2D eigenvalue weighted by Crippen LogP contribution is 2.29. The summed E-state index contributed by atoms with van der Waals surface area (Å²) in [5.74, 6) is -3.46. The number of rotatable bonds is 8. The summed E-state index contributed by atoms with van der Waals surface area (Å²) in [6, 6.07) is 5.16. The highest BCUT2D eigenvalue weighted by molar-refractivity contribution is 6.00. The summed E-state index contributed by atoms with van der Waals surface area (Å²) in [5.41, 5.74) is 1.21. The average molecular weight is 360 g/mol. The normalized spacial score (nSPS) is 11.7. The predicted molar refractivity (Wildman–Crippen MR) is 94.2 cm³/mol. The van der Waals surface area contributed by atoms with E-state index < -0.39 is 29.9 Å². The maximum Gasteiger partial charge on any atom is 0.336 e. The molecule has 0 saturated heterocycles. The van der Waals surface area contributed by atoms with Crippen molar-refractivity contribution >= 4 is 28.8 Å². The number of aromatic nitrogens is 1. The number of nitrogens with one attached hydrogen (secondary N) is 1. The van der Waals surface area contributed by atoms with E-state index in [1.165, 1.54) is 0 Å². The van der Waals surface area contributed by atoms with Crippen molar-refractivity contribution in [3.8, 4) is 5.75 Å². The van der Waals surface area contributed by atoms with Crippen LogP contribution in [0.25, 0.3) is 10.9 Å². The fraction of sp³-hybridized carbons (Fsp3) is 0.278. The molecule has 0 aliphatic rings. The van der Waals surface area contributed by atoms with E-state index in [9.17, 15) is 14.4 Å². The Bertz CT molecular complexity index is 866. The van der Waals surface area contributed by atoms with E-state index in [0.717, 1.165) is 29.4 Å². The summed E-state index contributed by atoms with van der Waals surface area (Å²) >= 11 is 0. The van der Waals surface area contributed by atoms with Crippen molar-refractivity contribution in [2.75, 3.05) is 20.6 Å². The Morgan fingerprint density at radius 1 is 1.23 bits per heavy atom. The molecule has 0 fully saturated rings. The van der Waals surface area contributed by atoms with Crippen molar-refractivity contribution in [2.24, 2.45) is 0 Å². The SMILES string of the molecule is CN(C)CCc1c[nH]c2cccc(OC(=O)/C=C(/CC(=O)O)C(=O)O)c12. The van der Waals surface area contributed by atoms with Gasteiger partial charge in [-0.1, -0.05) is 6.07 Å². The van der Waals surface area contributed by atoms with Gasteiger partial charge in [0.25, 0.3) is 0 Å². The lowest BCUT2D eigenvalue weighted by atomic mass is 10.1. The Morgan fingerprint density at radius 2 is 1.96 bits per heavy atom. The zero-order valence-electron chi connectivity index (χ0n) is 14.5. The Balaban J connectivity index is 2.29. The first-order valence-electron chi connectivity index (χ1n) is 7.89. The van der Waals surface area contributed by atoms with E-state index in [1.807, 2.05) is 31.3 Å². The second-order valence-electron chi connectivity index (χ2n) is 6.01. The zero-order chi connectivity index (χ0) is 19.3. The van der Waals surface area contributed by atoms with Crippen LogP contribution in [-0.2, 0) is 20.8 Å². The molecule has 0 aliphatic heterocycles. The predicted octanol–water partition coefficient (Wildman–Crippen LogP) is 1.66. The molecule has 0 bridgehead atoms. The second-order valence-corrected chi connectivity index (χ2v) is 6.01. The van der Waals surface area contributed by atoms with Crippen LogP contribution in [0.5, 0.6) is 5.75 Å². The van der Waals surface area contributed by atoms with Crippen LogP contribution in [0, 0.1) is 0 Å². The van der Waals surface area contributed by atoms with Crippen LogP contribution in [-0.4, -0.2) is 58.6 Å². The fourth-order valence-corrected chi connectivity index (χ4v) is 2.48. The molecule has 1 aromatic heterocycles. The zero-order valence-corrected chi connectivity index (χ0v) is 14.5. The van der Waals surface area contributed by atoms with Crippen molar-refractivity contribution in [1.29, 1.82) is 0 Å². The number of carboxylic acid groups (broad SMARTS) is 2. The van der Waals surface area contributed by atoms with Gasteiger partial charge in [0.05, 0.1) is 12.0 Å². The average Bonchev–Trinajstić information content (AvgIpc) is 2.96. The monoisotopic (exact) mass is 360 g/mol. The molecular formula is C18H20N2O6. The highest BCUT2D eigenvalue weighted by atomic mass is 16.5. The molecule has 1 aromatic carbocycles. The molecule has 0 unspecified atom stereocenters. The van der Waals surface area contributed by atoms with E-state index in [2.05, 4.69) is 4.98 Å². The van der Waals surface area contributed by atoms with Crippen molar-refractivity contribution in [2.45, 2.75) is 12.8 Å². The molecule has 0 radical (unpaired) electrons. The Morgan fingerprint density at radius 3 is 2.58 bits per heavy atom.